The van der Waals surface area contributed by atoms with Crippen molar-refractivity contribution in [3.8, 4) is 17.2 Å². The lowest BCUT2D eigenvalue weighted by Crippen LogP contribution is -2.16. The van der Waals surface area contributed by atoms with E-state index in [0.717, 1.165) is 5.56 Å². The van der Waals surface area contributed by atoms with Crippen LogP contribution in [0.2, 0.25) is 0 Å². The molecule has 0 aliphatic rings. The van der Waals surface area contributed by atoms with Gasteiger partial charge >= 0.3 is 6.36 Å². The Morgan fingerprint density at radius 1 is 1.05 bits per heavy atom. The van der Waals surface area contributed by atoms with Gasteiger partial charge < -0.3 is 15.2 Å². The van der Waals surface area contributed by atoms with Crippen LogP contribution in [0, 0.1) is 0 Å². The summed E-state index contributed by atoms with van der Waals surface area (Å²) in [6.07, 6.45) is 2.29. The molecule has 0 unspecified atom stereocenters. The predicted molar refractivity (Wildman–Crippen MR) is 74.5 cm³/mol. The number of halogens is 3. The molecule has 0 bridgehead atoms. The summed E-state index contributed by atoms with van der Waals surface area (Å²) in [6.45, 7) is 0. The number of benzene rings is 1. The summed E-state index contributed by atoms with van der Waals surface area (Å²) < 4.78 is 45.5. The van der Waals surface area contributed by atoms with Gasteiger partial charge in [-0.15, -0.1) is 13.2 Å². The molecule has 2 aromatic rings. The lowest BCUT2D eigenvalue weighted by Gasteiger charge is -2.10. The van der Waals surface area contributed by atoms with Crippen LogP contribution >= 0.6 is 0 Å². The third-order valence-corrected chi connectivity index (χ3v) is 2.55. The Morgan fingerprint density at radius 2 is 1.73 bits per heavy atom. The second-order valence-electron chi connectivity index (χ2n) is 4.28. The van der Waals surface area contributed by atoms with Gasteiger partial charge in [-0.1, -0.05) is 6.08 Å². The molecule has 7 heteroatoms. The number of nitrogens with zero attached hydrogens (tertiary/aromatic N) is 1. The number of nitrogens with two attached hydrogens (primary N) is 1. The zero-order chi connectivity index (χ0) is 16.0. The van der Waals surface area contributed by atoms with Gasteiger partial charge in [-0.25, -0.2) is 0 Å². The van der Waals surface area contributed by atoms with Crippen molar-refractivity contribution in [2.24, 2.45) is 5.73 Å². The van der Waals surface area contributed by atoms with Gasteiger partial charge in [0.1, 0.15) is 17.2 Å². The quantitative estimate of drug-likeness (QED) is 0.913. The van der Waals surface area contributed by atoms with E-state index in [1.54, 1.807) is 18.3 Å². The molecule has 2 N–H and O–H groups in total. The van der Waals surface area contributed by atoms with Crippen molar-refractivity contribution in [3.63, 3.8) is 0 Å². The first-order valence-electron chi connectivity index (χ1n) is 6.30. The van der Waals surface area contributed by atoms with E-state index in [2.05, 4.69) is 9.72 Å². The van der Waals surface area contributed by atoms with Crippen LogP contribution in [0.25, 0.3) is 0 Å². The fourth-order valence-electron chi connectivity index (χ4n) is 1.68. The summed E-state index contributed by atoms with van der Waals surface area (Å²) in [5.41, 5.74) is 6.17. The standard InChI is InChI=1S/C15H13F3N2O2/c16-15(17,18)22-13-5-3-12(4-6-13)21-14-8-11(2-1-7-19)9-20-10-14/h1,3-10H,2,19H2. The maximum Gasteiger partial charge on any atom is 0.573 e. The van der Waals surface area contributed by atoms with E-state index < -0.39 is 6.36 Å². The van der Waals surface area contributed by atoms with E-state index >= 15 is 0 Å². The highest BCUT2D eigenvalue weighted by Crippen LogP contribution is 2.27. The molecule has 1 heterocycles. The molecule has 0 radical (unpaired) electrons. The molecule has 0 saturated heterocycles. The van der Waals surface area contributed by atoms with Crippen LogP contribution in [0.1, 0.15) is 5.56 Å². The van der Waals surface area contributed by atoms with Crippen LogP contribution in [0.5, 0.6) is 17.2 Å². The van der Waals surface area contributed by atoms with E-state index in [0.29, 0.717) is 17.9 Å². The number of ether oxygens (including phenoxy) is 2. The molecule has 0 fully saturated rings. The first kappa shape index (κ1) is 15.7. The minimum absolute atomic E-state index is 0.306. The third-order valence-electron chi connectivity index (χ3n) is 2.55. The van der Waals surface area contributed by atoms with Gasteiger partial charge in [0.2, 0.25) is 0 Å². The number of hydrogen-bond donors (Lipinski definition) is 1. The Bertz CT molecular complexity index is 640. The summed E-state index contributed by atoms with van der Waals surface area (Å²) in [6, 6.07) is 6.89. The number of allylic oxidation sites excluding steroid dienone is 1. The van der Waals surface area contributed by atoms with Crippen LogP contribution in [0.15, 0.2) is 55.0 Å². The van der Waals surface area contributed by atoms with Crippen LogP contribution in [-0.2, 0) is 6.42 Å². The van der Waals surface area contributed by atoms with Crippen LogP contribution in [0.4, 0.5) is 13.2 Å². The average Bonchev–Trinajstić information content (AvgIpc) is 2.46. The van der Waals surface area contributed by atoms with Gasteiger partial charge in [0, 0.05) is 6.20 Å². The van der Waals surface area contributed by atoms with Crippen molar-refractivity contribution in [3.05, 3.63) is 60.6 Å². The predicted octanol–water partition coefficient (Wildman–Crippen LogP) is 3.79. The highest BCUT2D eigenvalue weighted by molar-refractivity contribution is 5.35. The first-order valence-corrected chi connectivity index (χ1v) is 6.30. The van der Waals surface area contributed by atoms with Crippen molar-refractivity contribution < 1.29 is 22.6 Å². The van der Waals surface area contributed by atoms with E-state index in [-0.39, 0.29) is 5.75 Å². The maximum atomic E-state index is 12.1. The minimum Gasteiger partial charge on any atom is -0.456 e. The fourth-order valence-corrected chi connectivity index (χ4v) is 1.68. The molecule has 116 valence electrons. The molecule has 2 rings (SSSR count). The van der Waals surface area contributed by atoms with Gasteiger partial charge in [0.25, 0.3) is 0 Å². The van der Waals surface area contributed by atoms with Gasteiger partial charge in [0.05, 0.1) is 6.20 Å². The molecule has 0 amide bonds. The van der Waals surface area contributed by atoms with Crippen molar-refractivity contribution in [2.45, 2.75) is 12.8 Å². The molecule has 0 saturated carbocycles. The number of aromatic nitrogens is 1. The summed E-state index contributed by atoms with van der Waals surface area (Å²) >= 11 is 0. The Kier molecular flexibility index (Phi) is 4.88. The summed E-state index contributed by atoms with van der Waals surface area (Å²) in [4.78, 5) is 4.03. The lowest BCUT2D eigenvalue weighted by molar-refractivity contribution is -0.274. The summed E-state index contributed by atoms with van der Waals surface area (Å²) in [7, 11) is 0. The maximum absolute atomic E-state index is 12.1. The van der Waals surface area contributed by atoms with Gasteiger partial charge in [0.15, 0.2) is 0 Å². The monoisotopic (exact) mass is 310 g/mol. The minimum atomic E-state index is -4.71. The van der Waals surface area contributed by atoms with Gasteiger partial charge in [-0.3, -0.25) is 4.98 Å². The van der Waals surface area contributed by atoms with E-state index in [1.165, 1.54) is 36.7 Å². The van der Waals surface area contributed by atoms with Crippen LogP contribution in [-0.4, -0.2) is 11.3 Å². The Labute approximate surface area is 125 Å². The number of hydrogen-bond acceptors (Lipinski definition) is 4. The fraction of sp³-hybridized carbons (Fsp3) is 0.133. The topological polar surface area (TPSA) is 57.4 Å². The molecule has 0 aliphatic carbocycles. The summed E-state index contributed by atoms with van der Waals surface area (Å²) in [5, 5.41) is 0. The molecule has 1 aromatic heterocycles. The smallest absolute Gasteiger partial charge is 0.456 e. The molecular weight excluding hydrogens is 297 g/mol. The molecular formula is C15H13F3N2O2. The Morgan fingerprint density at radius 3 is 2.36 bits per heavy atom. The van der Waals surface area contributed by atoms with Crippen molar-refractivity contribution >= 4 is 0 Å². The zero-order valence-corrected chi connectivity index (χ0v) is 11.4. The molecule has 4 nitrogen and oxygen atoms in total. The Balaban J connectivity index is 2.04. The van der Waals surface area contributed by atoms with Gasteiger partial charge in [-0.05, 0) is 48.5 Å². The zero-order valence-electron chi connectivity index (χ0n) is 11.4. The molecule has 22 heavy (non-hydrogen) atoms. The highest BCUT2D eigenvalue weighted by atomic mass is 19.4. The first-order chi connectivity index (χ1) is 10.5. The molecule has 0 atom stereocenters. The van der Waals surface area contributed by atoms with E-state index in [1.807, 2.05) is 0 Å². The van der Waals surface area contributed by atoms with E-state index in [4.69, 9.17) is 10.5 Å². The van der Waals surface area contributed by atoms with Crippen molar-refractivity contribution in [1.82, 2.24) is 4.98 Å². The average molecular weight is 310 g/mol. The van der Waals surface area contributed by atoms with Gasteiger partial charge in [-0.2, -0.15) is 0 Å². The normalized spacial score (nSPS) is 11.6. The van der Waals surface area contributed by atoms with Crippen LogP contribution < -0.4 is 15.2 Å². The lowest BCUT2D eigenvalue weighted by atomic mass is 10.2. The third kappa shape index (κ3) is 5.01. The number of pyridine rings is 1. The Hall–Kier alpha value is -2.70. The second kappa shape index (κ2) is 6.84. The van der Waals surface area contributed by atoms with Crippen molar-refractivity contribution in [1.29, 1.82) is 0 Å². The SMILES string of the molecule is NC=CCc1cncc(Oc2ccc(OC(F)(F)F)cc2)c1. The second-order valence-corrected chi connectivity index (χ2v) is 4.28. The molecule has 0 aliphatic heterocycles. The van der Waals surface area contributed by atoms with E-state index in [9.17, 15) is 13.2 Å². The number of rotatable bonds is 5. The van der Waals surface area contributed by atoms with Crippen molar-refractivity contribution in [2.75, 3.05) is 0 Å². The molecule has 1 aromatic carbocycles. The number of alkyl halides is 3. The molecule has 0 spiro atoms. The largest absolute Gasteiger partial charge is 0.573 e. The van der Waals surface area contributed by atoms with Crippen LogP contribution in [0.3, 0.4) is 0 Å². The highest BCUT2D eigenvalue weighted by Gasteiger charge is 2.30. The summed E-state index contributed by atoms with van der Waals surface area (Å²) in [5.74, 6) is 0.551.